The molecule has 5 nitrogen and oxygen atoms in total. The molecule has 0 aromatic heterocycles. The second-order valence-electron chi connectivity index (χ2n) is 6.14. The Balaban J connectivity index is 1.65. The van der Waals surface area contributed by atoms with Gasteiger partial charge in [0.05, 0.1) is 11.3 Å². The van der Waals surface area contributed by atoms with Gasteiger partial charge in [0.15, 0.2) is 0 Å². The van der Waals surface area contributed by atoms with Gasteiger partial charge in [0.2, 0.25) is 0 Å². The molecule has 2 aromatic rings. The Morgan fingerprint density at radius 1 is 1.19 bits per heavy atom. The van der Waals surface area contributed by atoms with Gasteiger partial charge in [-0.3, -0.25) is 4.79 Å². The molecule has 2 aliphatic rings. The van der Waals surface area contributed by atoms with Crippen molar-refractivity contribution in [2.24, 2.45) is 0 Å². The van der Waals surface area contributed by atoms with Gasteiger partial charge in [-0.05, 0) is 41.5 Å². The fourth-order valence-corrected chi connectivity index (χ4v) is 3.07. The largest absolute Gasteiger partial charge is 0.488 e. The monoisotopic (exact) mass is 363 g/mol. The summed E-state index contributed by atoms with van der Waals surface area (Å²) in [7, 11) is 0. The Labute approximate surface area is 154 Å². The van der Waals surface area contributed by atoms with Gasteiger partial charge in [0, 0.05) is 17.2 Å². The quantitative estimate of drug-likeness (QED) is 0.816. The van der Waals surface area contributed by atoms with Crippen LogP contribution in [0.2, 0.25) is 0 Å². The number of benzene rings is 2. The predicted octanol–water partition coefficient (Wildman–Crippen LogP) is 3.70. The summed E-state index contributed by atoms with van der Waals surface area (Å²) in [5.41, 5.74) is 4.02. The highest BCUT2D eigenvalue weighted by atomic mass is 19.1. The summed E-state index contributed by atoms with van der Waals surface area (Å²) in [4.78, 5) is 22.9. The Morgan fingerprint density at radius 2 is 1.96 bits per heavy atom. The number of allylic oxidation sites excluding steroid dienone is 1. The number of carbonyl (C=O) groups excluding carboxylic acids is 1. The molecule has 0 saturated heterocycles. The lowest BCUT2D eigenvalue weighted by molar-refractivity contribution is -0.131. The number of fused-ring (bicyclic) bond motifs is 1. The van der Waals surface area contributed by atoms with E-state index in [4.69, 9.17) is 9.84 Å². The first-order valence-electron chi connectivity index (χ1n) is 8.21. The molecule has 2 aromatic carbocycles. The zero-order valence-electron chi connectivity index (χ0n) is 14.0. The third-order valence-corrected chi connectivity index (χ3v) is 4.36. The highest BCUT2D eigenvalue weighted by Gasteiger charge is 2.30. The van der Waals surface area contributed by atoms with Gasteiger partial charge in [-0.25, -0.2) is 9.18 Å². The predicted molar refractivity (Wildman–Crippen MR) is 99.0 cm³/mol. The van der Waals surface area contributed by atoms with Gasteiger partial charge in [-0.2, -0.15) is 0 Å². The van der Waals surface area contributed by atoms with Crippen molar-refractivity contribution in [3.05, 3.63) is 82.9 Å². The molecule has 0 radical (unpaired) electrons. The van der Waals surface area contributed by atoms with Crippen molar-refractivity contribution in [2.75, 3.05) is 11.9 Å². The number of ether oxygens (including phenoxy) is 1. The molecule has 27 heavy (non-hydrogen) atoms. The van der Waals surface area contributed by atoms with Crippen molar-refractivity contribution >= 4 is 34.8 Å². The summed E-state index contributed by atoms with van der Waals surface area (Å²) in [6.07, 6.45) is 4.39. The van der Waals surface area contributed by atoms with Crippen LogP contribution in [0.15, 0.2) is 60.4 Å². The van der Waals surface area contributed by atoms with E-state index in [1.165, 1.54) is 18.2 Å². The molecular formula is C21H14FNO4. The molecule has 134 valence electrons. The number of aliphatic carboxylic acids is 1. The molecule has 2 N–H and O–H groups in total. The molecule has 0 unspecified atom stereocenters. The number of carbonyl (C=O) groups is 2. The maximum Gasteiger partial charge on any atom is 0.328 e. The van der Waals surface area contributed by atoms with Gasteiger partial charge in [0.25, 0.3) is 5.91 Å². The molecule has 0 saturated carbocycles. The number of rotatable bonds is 3. The smallest absolute Gasteiger partial charge is 0.328 e. The summed E-state index contributed by atoms with van der Waals surface area (Å²) in [5, 5.41) is 11.3. The van der Waals surface area contributed by atoms with Crippen LogP contribution in [0.3, 0.4) is 0 Å². The molecule has 0 fully saturated rings. The van der Waals surface area contributed by atoms with Crippen molar-refractivity contribution < 1.29 is 23.8 Å². The van der Waals surface area contributed by atoms with Crippen LogP contribution < -0.4 is 5.32 Å². The van der Waals surface area contributed by atoms with Crippen molar-refractivity contribution in [1.82, 2.24) is 0 Å². The summed E-state index contributed by atoms with van der Waals surface area (Å²) in [6.45, 7) is 0.312. The van der Waals surface area contributed by atoms with E-state index in [-0.39, 0.29) is 5.91 Å². The molecule has 0 bridgehead atoms. The number of hydrogen-bond acceptors (Lipinski definition) is 3. The second kappa shape index (κ2) is 6.57. The van der Waals surface area contributed by atoms with Gasteiger partial charge in [-0.1, -0.05) is 24.3 Å². The minimum Gasteiger partial charge on any atom is -0.488 e. The molecule has 1 amide bonds. The van der Waals surface area contributed by atoms with E-state index in [0.717, 1.165) is 22.8 Å². The van der Waals surface area contributed by atoms with E-state index < -0.39 is 11.8 Å². The Morgan fingerprint density at radius 3 is 2.70 bits per heavy atom. The van der Waals surface area contributed by atoms with E-state index in [0.29, 0.717) is 29.2 Å². The lowest BCUT2D eigenvalue weighted by Gasteiger charge is -2.03. The standard InChI is InChI=1S/C21H14FNO4/c22-15-6-7-16-17(10-15)23-21(26)20(16)18-9-14(11-27-18)13-4-1-12(2-5-13)3-8-19(24)25/h1-10H,11H2,(H,23,26)(H,24,25)/b8-3+,20-18?. The zero-order chi connectivity index (χ0) is 19.0. The van der Waals surface area contributed by atoms with Gasteiger partial charge in [0.1, 0.15) is 18.2 Å². The number of hydrogen-bond donors (Lipinski definition) is 2. The first-order valence-corrected chi connectivity index (χ1v) is 8.21. The topological polar surface area (TPSA) is 75.6 Å². The van der Waals surface area contributed by atoms with Crippen molar-refractivity contribution in [1.29, 1.82) is 0 Å². The molecule has 4 rings (SSSR count). The molecular weight excluding hydrogens is 349 g/mol. The molecule has 0 spiro atoms. The van der Waals surface area contributed by atoms with Crippen LogP contribution in [-0.4, -0.2) is 23.6 Å². The zero-order valence-corrected chi connectivity index (χ0v) is 14.0. The maximum absolute atomic E-state index is 13.4. The van der Waals surface area contributed by atoms with E-state index in [1.807, 2.05) is 12.1 Å². The molecule has 6 heteroatoms. The molecule has 0 aliphatic carbocycles. The van der Waals surface area contributed by atoms with Gasteiger partial charge in [-0.15, -0.1) is 0 Å². The summed E-state index contributed by atoms with van der Waals surface area (Å²) in [6, 6.07) is 11.5. The number of carboxylic acid groups (broad SMARTS) is 1. The fourth-order valence-electron chi connectivity index (χ4n) is 3.07. The average molecular weight is 363 g/mol. The van der Waals surface area contributed by atoms with Crippen LogP contribution in [0.1, 0.15) is 16.7 Å². The highest BCUT2D eigenvalue weighted by Crippen LogP contribution is 2.38. The first-order chi connectivity index (χ1) is 13.0. The number of nitrogens with one attached hydrogen (secondary N) is 1. The first kappa shape index (κ1) is 16.8. The average Bonchev–Trinajstić information content (AvgIpc) is 3.23. The highest BCUT2D eigenvalue weighted by molar-refractivity contribution is 6.32. The van der Waals surface area contributed by atoms with Crippen molar-refractivity contribution in [3.8, 4) is 0 Å². The molecule has 2 heterocycles. The van der Waals surface area contributed by atoms with Crippen LogP contribution in [0, 0.1) is 5.82 Å². The van der Waals surface area contributed by atoms with E-state index in [1.54, 1.807) is 24.3 Å². The lowest BCUT2D eigenvalue weighted by Crippen LogP contribution is -2.05. The van der Waals surface area contributed by atoms with E-state index >= 15 is 0 Å². The summed E-state index contributed by atoms with van der Waals surface area (Å²) >= 11 is 0. The Kier molecular flexibility index (Phi) is 4.08. The van der Waals surface area contributed by atoms with Gasteiger partial charge < -0.3 is 15.2 Å². The number of carboxylic acids is 1. The van der Waals surface area contributed by atoms with E-state index in [2.05, 4.69) is 5.32 Å². The number of amides is 1. The van der Waals surface area contributed by atoms with E-state index in [9.17, 15) is 14.0 Å². The third-order valence-electron chi connectivity index (χ3n) is 4.36. The van der Waals surface area contributed by atoms with Crippen LogP contribution >= 0.6 is 0 Å². The Hall–Kier alpha value is -3.67. The fraction of sp³-hybridized carbons (Fsp3) is 0.0476. The molecule has 0 atom stereocenters. The Bertz CT molecular complexity index is 1050. The van der Waals surface area contributed by atoms with Crippen LogP contribution in [-0.2, 0) is 14.3 Å². The maximum atomic E-state index is 13.4. The SMILES string of the molecule is O=C(O)/C=C/c1ccc(C2=CC(=C3C(=O)Nc4cc(F)ccc43)OC2)cc1. The van der Waals surface area contributed by atoms with Crippen LogP contribution in [0.25, 0.3) is 17.2 Å². The van der Waals surface area contributed by atoms with Crippen LogP contribution in [0.5, 0.6) is 0 Å². The minimum atomic E-state index is -1.00. The second-order valence-corrected chi connectivity index (χ2v) is 6.14. The minimum absolute atomic E-state index is 0.312. The number of anilines is 1. The summed E-state index contributed by atoms with van der Waals surface area (Å²) in [5.74, 6) is -1.29. The van der Waals surface area contributed by atoms with Crippen molar-refractivity contribution in [3.63, 3.8) is 0 Å². The lowest BCUT2D eigenvalue weighted by atomic mass is 10.0. The van der Waals surface area contributed by atoms with Crippen molar-refractivity contribution in [2.45, 2.75) is 0 Å². The molecule has 2 aliphatic heterocycles. The normalized spacial score (nSPS) is 18.3. The van der Waals surface area contributed by atoms with Crippen LogP contribution in [0.4, 0.5) is 10.1 Å². The van der Waals surface area contributed by atoms with Gasteiger partial charge >= 0.3 is 5.97 Å². The number of halogens is 1. The summed E-state index contributed by atoms with van der Waals surface area (Å²) < 4.78 is 19.1. The third kappa shape index (κ3) is 3.25.